The molecule has 2 aromatic rings. The van der Waals surface area contributed by atoms with E-state index in [0.717, 1.165) is 0 Å². The van der Waals surface area contributed by atoms with E-state index in [-0.39, 0.29) is 5.69 Å². The average Bonchev–Trinajstić information content (AvgIpc) is 2.62. The van der Waals surface area contributed by atoms with E-state index in [4.69, 9.17) is 11.6 Å². The fraction of sp³-hybridized carbons (Fsp3) is 0.200. The standard InChI is InChI=1S/C10H11ClN4O/c1-12-6-9-13-14-10(16)15(9)8-5-3-2-4-7(8)11/h2-5,12H,6H2,1H3,(H,14,16). The van der Waals surface area contributed by atoms with Crippen LogP contribution in [0.5, 0.6) is 0 Å². The molecule has 0 unspecified atom stereocenters. The number of benzene rings is 1. The molecule has 2 N–H and O–H groups in total. The van der Waals surface area contributed by atoms with Crippen LogP contribution in [0.1, 0.15) is 5.82 Å². The summed E-state index contributed by atoms with van der Waals surface area (Å²) in [6.45, 7) is 0.490. The van der Waals surface area contributed by atoms with E-state index in [1.54, 1.807) is 19.2 Å². The Morgan fingerprint density at radius 1 is 1.50 bits per heavy atom. The van der Waals surface area contributed by atoms with Crippen molar-refractivity contribution >= 4 is 11.6 Å². The highest BCUT2D eigenvalue weighted by molar-refractivity contribution is 6.32. The summed E-state index contributed by atoms with van der Waals surface area (Å²) in [4.78, 5) is 11.6. The van der Waals surface area contributed by atoms with Gasteiger partial charge in [0, 0.05) is 0 Å². The van der Waals surface area contributed by atoms with Crippen LogP contribution in [-0.4, -0.2) is 21.8 Å². The third-order valence-electron chi connectivity index (χ3n) is 2.17. The van der Waals surface area contributed by atoms with Gasteiger partial charge in [-0.15, -0.1) is 0 Å². The molecule has 0 bridgehead atoms. The van der Waals surface area contributed by atoms with Crippen LogP contribution in [0.25, 0.3) is 5.69 Å². The lowest BCUT2D eigenvalue weighted by Crippen LogP contribution is -2.19. The number of aromatic amines is 1. The highest BCUT2D eigenvalue weighted by Crippen LogP contribution is 2.18. The lowest BCUT2D eigenvalue weighted by atomic mass is 10.3. The minimum atomic E-state index is -0.293. The molecular formula is C10H11ClN4O. The van der Waals surface area contributed by atoms with E-state index in [0.29, 0.717) is 23.1 Å². The van der Waals surface area contributed by atoms with Gasteiger partial charge in [-0.25, -0.2) is 14.5 Å². The van der Waals surface area contributed by atoms with Crippen LogP contribution in [0, 0.1) is 0 Å². The Labute approximate surface area is 97.1 Å². The molecule has 1 aromatic heterocycles. The fourth-order valence-electron chi connectivity index (χ4n) is 1.49. The number of halogens is 1. The van der Waals surface area contributed by atoms with E-state index in [1.165, 1.54) is 4.57 Å². The monoisotopic (exact) mass is 238 g/mol. The van der Waals surface area contributed by atoms with Crippen molar-refractivity contribution in [3.8, 4) is 5.69 Å². The number of H-pyrrole nitrogens is 1. The lowest BCUT2D eigenvalue weighted by molar-refractivity contribution is 0.734. The maximum atomic E-state index is 11.6. The number of rotatable bonds is 3. The Hall–Kier alpha value is -1.59. The Morgan fingerprint density at radius 2 is 2.25 bits per heavy atom. The van der Waals surface area contributed by atoms with E-state index >= 15 is 0 Å². The molecule has 6 heteroatoms. The topological polar surface area (TPSA) is 62.7 Å². The summed E-state index contributed by atoms with van der Waals surface area (Å²) in [6.07, 6.45) is 0. The molecule has 0 fully saturated rings. The second-order valence-electron chi connectivity index (χ2n) is 3.26. The summed E-state index contributed by atoms with van der Waals surface area (Å²) in [6, 6.07) is 7.15. The predicted octanol–water partition coefficient (Wildman–Crippen LogP) is 0.933. The molecule has 1 aromatic carbocycles. The van der Waals surface area contributed by atoms with Gasteiger partial charge < -0.3 is 5.32 Å². The van der Waals surface area contributed by atoms with Crippen LogP contribution in [0.15, 0.2) is 29.1 Å². The van der Waals surface area contributed by atoms with Crippen LogP contribution in [0.3, 0.4) is 0 Å². The van der Waals surface area contributed by atoms with Gasteiger partial charge in [0.2, 0.25) is 0 Å². The van der Waals surface area contributed by atoms with Gasteiger partial charge >= 0.3 is 5.69 Å². The Kier molecular flexibility index (Phi) is 3.07. The summed E-state index contributed by atoms with van der Waals surface area (Å²) in [5.74, 6) is 0.598. The first-order chi connectivity index (χ1) is 7.74. The molecule has 5 nitrogen and oxygen atoms in total. The van der Waals surface area contributed by atoms with Crippen molar-refractivity contribution in [2.75, 3.05) is 7.05 Å². The molecule has 84 valence electrons. The van der Waals surface area contributed by atoms with Crippen LogP contribution in [0.4, 0.5) is 0 Å². The molecule has 0 radical (unpaired) electrons. The maximum Gasteiger partial charge on any atom is 0.348 e. The lowest BCUT2D eigenvalue weighted by Gasteiger charge is -2.06. The summed E-state index contributed by atoms with van der Waals surface area (Å²) in [5.41, 5.74) is 0.339. The zero-order chi connectivity index (χ0) is 11.5. The summed E-state index contributed by atoms with van der Waals surface area (Å²) in [5, 5.41) is 9.79. The summed E-state index contributed by atoms with van der Waals surface area (Å²) < 4.78 is 1.46. The van der Waals surface area contributed by atoms with Gasteiger partial charge in [0.15, 0.2) is 5.82 Å². The third kappa shape index (κ3) is 1.87. The van der Waals surface area contributed by atoms with Crippen LogP contribution >= 0.6 is 11.6 Å². The Morgan fingerprint density at radius 3 is 2.94 bits per heavy atom. The quantitative estimate of drug-likeness (QED) is 0.836. The van der Waals surface area contributed by atoms with Gasteiger partial charge in [0.1, 0.15) is 0 Å². The maximum absolute atomic E-state index is 11.6. The van der Waals surface area contributed by atoms with Crippen molar-refractivity contribution in [3.63, 3.8) is 0 Å². The molecule has 16 heavy (non-hydrogen) atoms. The zero-order valence-corrected chi connectivity index (χ0v) is 9.45. The summed E-state index contributed by atoms with van der Waals surface area (Å²) in [7, 11) is 1.79. The van der Waals surface area contributed by atoms with Crippen molar-refractivity contribution in [1.29, 1.82) is 0 Å². The molecule has 0 saturated carbocycles. The highest BCUT2D eigenvalue weighted by atomic mass is 35.5. The van der Waals surface area contributed by atoms with Crippen molar-refractivity contribution in [2.24, 2.45) is 0 Å². The predicted molar refractivity (Wildman–Crippen MR) is 62.0 cm³/mol. The van der Waals surface area contributed by atoms with Crippen molar-refractivity contribution in [1.82, 2.24) is 20.1 Å². The van der Waals surface area contributed by atoms with Crippen molar-refractivity contribution < 1.29 is 0 Å². The largest absolute Gasteiger partial charge is 0.348 e. The second kappa shape index (κ2) is 4.51. The van der Waals surface area contributed by atoms with Gasteiger partial charge in [-0.05, 0) is 19.2 Å². The minimum absolute atomic E-state index is 0.293. The molecule has 0 aliphatic heterocycles. The first kappa shape index (κ1) is 10.9. The van der Waals surface area contributed by atoms with E-state index in [2.05, 4.69) is 15.5 Å². The minimum Gasteiger partial charge on any atom is -0.313 e. The molecule has 0 aliphatic carbocycles. The van der Waals surface area contributed by atoms with Crippen LogP contribution in [0.2, 0.25) is 5.02 Å². The zero-order valence-electron chi connectivity index (χ0n) is 8.70. The number of nitrogens with zero attached hydrogens (tertiary/aromatic N) is 2. The number of aromatic nitrogens is 3. The molecule has 0 amide bonds. The van der Waals surface area contributed by atoms with Gasteiger partial charge in [-0.1, -0.05) is 23.7 Å². The normalized spacial score (nSPS) is 10.6. The van der Waals surface area contributed by atoms with Gasteiger partial charge in [0.05, 0.1) is 17.3 Å². The number of nitrogens with one attached hydrogen (secondary N) is 2. The van der Waals surface area contributed by atoms with Crippen LogP contribution in [-0.2, 0) is 6.54 Å². The highest BCUT2D eigenvalue weighted by Gasteiger charge is 2.11. The molecule has 1 heterocycles. The number of para-hydroxylation sites is 1. The first-order valence-electron chi connectivity index (χ1n) is 4.80. The van der Waals surface area contributed by atoms with E-state index in [9.17, 15) is 4.79 Å². The third-order valence-corrected chi connectivity index (χ3v) is 2.49. The second-order valence-corrected chi connectivity index (χ2v) is 3.67. The molecule has 0 spiro atoms. The van der Waals surface area contributed by atoms with Gasteiger partial charge in [-0.2, -0.15) is 5.10 Å². The summed E-state index contributed by atoms with van der Waals surface area (Å²) >= 11 is 6.04. The molecule has 0 saturated heterocycles. The Balaban J connectivity index is 2.59. The molecule has 0 atom stereocenters. The smallest absolute Gasteiger partial charge is 0.313 e. The SMILES string of the molecule is CNCc1n[nH]c(=O)n1-c1ccccc1Cl. The van der Waals surface area contributed by atoms with Crippen molar-refractivity contribution in [2.45, 2.75) is 6.54 Å². The van der Waals surface area contributed by atoms with E-state index < -0.39 is 0 Å². The molecule has 2 rings (SSSR count). The number of hydrogen-bond acceptors (Lipinski definition) is 3. The van der Waals surface area contributed by atoms with Gasteiger partial charge in [-0.3, -0.25) is 0 Å². The molecule has 0 aliphatic rings. The van der Waals surface area contributed by atoms with Gasteiger partial charge in [0.25, 0.3) is 0 Å². The van der Waals surface area contributed by atoms with Crippen LogP contribution < -0.4 is 11.0 Å². The van der Waals surface area contributed by atoms with E-state index in [1.807, 2.05) is 12.1 Å². The fourth-order valence-corrected chi connectivity index (χ4v) is 1.71. The number of hydrogen-bond donors (Lipinski definition) is 2. The van der Waals surface area contributed by atoms with Crippen molar-refractivity contribution in [3.05, 3.63) is 45.6 Å². The Bertz CT molecular complexity index is 546. The molecular weight excluding hydrogens is 228 g/mol. The first-order valence-corrected chi connectivity index (χ1v) is 5.17. The average molecular weight is 239 g/mol.